The number of hydrogen-bond acceptors (Lipinski definition) is 3. The molecule has 132 valence electrons. The highest BCUT2D eigenvalue weighted by Gasteiger charge is 2.33. The zero-order chi connectivity index (χ0) is 18.1. The molecular formula is C20H19FN4O. The molecule has 1 unspecified atom stereocenters. The van der Waals surface area contributed by atoms with Gasteiger partial charge in [-0.3, -0.25) is 14.8 Å². The van der Waals surface area contributed by atoms with Crippen LogP contribution in [0, 0.1) is 18.7 Å². The molecule has 1 amide bonds. The van der Waals surface area contributed by atoms with Crippen molar-refractivity contribution >= 4 is 11.7 Å². The first-order valence-corrected chi connectivity index (χ1v) is 8.65. The van der Waals surface area contributed by atoms with Crippen molar-refractivity contribution in [3.05, 3.63) is 65.9 Å². The summed E-state index contributed by atoms with van der Waals surface area (Å²) in [5.74, 6) is 0.201. The van der Waals surface area contributed by atoms with Gasteiger partial charge in [0, 0.05) is 35.5 Å². The van der Waals surface area contributed by atoms with E-state index in [1.807, 2.05) is 25.3 Å². The van der Waals surface area contributed by atoms with Crippen molar-refractivity contribution in [2.75, 3.05) is 11.4 Å². The van der Waals surface area contributed by atoms with Gasteiger partial charge in [0.1, 0.15) is 11.6 Å². The lowest BCUT2D eigenvalue weighted by Crippen LogP contribution is -2.28. The summed E-state index contributed by atoms with van der Waals surface area (Å²) in [7, 11) is 0. The van der Waals surface area contributed by atoms with E-state index in [2.05, 4.69) is 15.2 Å². The third-order valence-corrected chi connectivity index (χ3v) is 4.90. The topological polar surface area (TPSA) is 61.9 Å². The van der Waals surface area contributed by atoms with Gasteiger partial charge in [-0.15, -0.1) is 0 Å². The van der Waals surface area contributed by atoms with E-state index >= 15 is 0 Å². The van der Waals surface area contributed by atoms with E-state index in [1.54, 1.807) is 29.3 Å². The molecule has 0 saturated carbocycles. The van der Waals surface area contributed by atoms with Crippen LogP contribution >= 0.6 is 0 Å². The van der Waals surface area contributed by atoms with Gasteiger partial charge < -0.3 is 0 Å². The molecule has 1 N–H and O–H groups in total. The molecule has 0 spiro atoms. The summed E-state index contributed by atoms with van der Waals surface area (Å²) in [5.41, 5.74) is 3.38. The van der Waals surface area contributed by atoms with Crippen LogP contribution in [0.5, 0.6) is 0 Å². The fourth-order valence-electron chi connectivity index (χ4n) is 3.49. The van der Waals surface area contributed by atoms with Gasteiger partial charge in [0.15, 0.2) is 0 Å². The summed E-state index contributed by atoms with van der Waals surface area (Å²) >= 11 is 0. The number of amides is 1. The highest BCUT2D eigenvalue weighted by Crippen LogP contribution is 2.29. The fourth-order valence-corrected chi connectivity index (χ4v) is 3.49. The van der Waals surface area contributed by atoms with Crippen LogP contribution in [-0.2, 0) is 11.2 Å². The number of benzene rings is 1. The maximum absolute atomic E-state index is 13.9. The predicted molar refractivity (Wildman–Crippen MR) is 97.1 cm³/mol. The first-order valence-electron chi connectivity index (χ1n) is 8.65. The first kappa shape index (κ1) is 16.4. The third-order valence-electron chi connectivity index (χ3n) is 4.90. The average molecular weight is 350 g/mol. The van der Waals surface area contributed by atoms with Crippen LogP contribution in [-0.4, -0.2) is 27.6 Å². The number of hydrogen-bond donors (Lipinski definition) is 1. The molecule has 1 aromatic carbocycles. The fraction of sp³-hybridized carbons (Fsp3) is 0.250. The molecule has 0 radical (unpaired) electrons. The molecule has 1 atom stereocenters. The third kappa shape index (κ3) is 2.98. The molecule has 0 bridgehead atoms. The van der Waals surface area contributed by atoms with Crippen molar-refractivity contribution in [1.82, 2.24) is 15.2 Å². The summed E-state index contributed by atoms with van der Waals surface area (Å²) in [6.45, 7) is 2.53. The largest absolute Gasteiger partial charge is 0.297 e. The number of aryl methyl sites for hydroxylation is 1. The molecular weight excluding hydrogens is 331 g/mol. The number of nitrogens with zero attached hydrogens (tertiary/aromatic N) is 3. The van der Waals surface area contributed by atoms with Gasteiger partial charge in [-0.2, -0.15) is 5.10 Å². The lowest BCUT2D eigenvalue weighted by Gasteiger charge is -2.17. The molecule has 3 aromatic rings. The lowest BCUT2D eigenvalue weighted by atomic mass is 9.98. The zero-order valence-electron chi connectivity index (χ0n) is 14.4. The molecule has 4 rings (SSSR count). The van der Waals surface area contributed by atoms with E-state index in [4.69, 9.17) is 0 Å². The van der Waals surface area contributed by atoms with Crippen molar-refractivity contribution in [3.8, 4) is 11.1 Å². The van der Waals surface area contributed by atoms with Crippen LogP contribution in [0.4, 0.5) is 10.2 Å². The van der Waals surface area contributed by atoms with E-state index in [0.717, 1.165) is 16.8 Å². The Kier molecular flexibility index (Phi) is 4.24. The van der Waals surface area contributed by atoms with Gasteiger partial charge in [-0.25, -0.2) is 9.37 Å². The Morgan fingerprint density at radius 3 is 2.85 bits per heavy atom. The minimum Gasteiger partial charge on any atom is -0.297 e. The van der Waals surface area contributed by atoms with Crippen molar-refractivity contribution < 1.29 is 9.18 Å². The second kappa shape index (κ2) is 6.71. The summed E-state index contributed by atoms with van der Waals surface area (Å²) in [6.07, 6.45) is 4.69. The number of carbonyl (C=O) groups is 1. The highest BCUT2D eigenvalue weighted by molar-refractivity contribution is 5.96. The number of halogens is 1. The number of H-pyrrole nitrogens is 1. The Hall–Kier alpha value is -3.02. The van der Waals surface area contributed by atoms with Gasteiger partial charge in [-0.1, -0.05) is 18.2 Å². The lowest BCUT2D eigenvalue weighted by molar-refractivity contribution is -0.120. The molecule has 2 aromatic heterocycles. The summed E-state index contributed by atoms with van der Waals surface area (Å²) < 4.78 is 13.9. The van der Waals surface area contributed by atoms with Crippen LogP contribution in [0.25, 0.3) is 11.1 Å². The summed E-state index contributed by atoms with van der Waals surface area (Å²) in [5, 5.41) is 6.75. The SMILES string of the molecule is Cc1nc(N2CCC(Cc3ccccc3F)C2=O)ccc1-c1cn[nH]c1. The second-order valence-corrected chi connectivity index (χ2v) is 6.56. The molecule has 1 aliphatic rings. The summed E-state index contributed by atoms with van der Waals surface area (Å²) in [4.78, 5) is 19.1. The number of aromatic amines is 1. The van der Waals surface area contributed by atoms with Crippen LogP contribution < -0.4 is 4.90 Å². The average Bonchev–Trinajstić information content (AvgIpc) is 3.28. The molecule has 26 heavy (non-hydrogen) atoms. The van der Waals surface area contributed by atoms with Crippen LogP contribution in [0.15, 0.2) is 48.8 Å². The molecule has 1 saturated heterocycles. The maximum Gasteiger partial charge on any atom is 0.231 e. The van der Waals surface area contributed by atoms with Crippen molar-refractivity contribution in [2.45, 2.75) is 19.8 Å². The van der Waals surface area contributed by atoms with Crippen molar-refractivity contribution in [3.63, 3.8) is 0 Å². The van der Waals surface area contributed by atoms with E-state index in [-0.39, 0.29) is 17.6 Å². The van der Waals surface area contributed by atoms with E-state index in [1.165, 1.54) is 6.07 Å². The maximum atomic E-state index is 13.9. The first-order chi connectivity index (χ1) is 12.6. The molecule has 1 aliphatic heterocycles. The number of rotatable bonds is 4. The molecule has 6 heteroatoms. The summed E-state index contributed by atoms with van der Waals surface area (Å²) in [6, 6.07) is 10.5. The van der Waals surface area contributed by atoms with Crippen LogP contribution in [0.1, 0.15) is 17.7 Å². The van der Waals surface area contributed by atoms with E-state index < -0.39 is 0 Å². The standard InChI is InChI=1S/C20H19FN4O/c1-13-17(16-11-22-23-12-16)6-7-19(24-13)25-9-8-15(20(25)26)10-14-4-2-3-5-18(14)21/h2-7,11-12,15H,8-10H2,1H3,(H,22,23). The Morgan fingerprint density at radius 2 is 2.12 bits per heavy atom. The van der Waals surface area contributed by atoms with Crippen LogP contribution in [0.3, 0.4) is 0 Å². The van der Waals surface area contributed by atoms with E-state index in [9.17, 15) is 9.18 Å². The Bertz CT molecular complexity index is 939. The highest BCUT2D eigenvalue weighted by atomic mass is 19.1. The number of aromatic nitrogens is 3. The normalized spacial score (nSPS) is 17.1. The van der Waals surface area contributed by atoms with Gasteiger partial charge in [-0.05, 0) is 43.5 Å². The zero-order valence-corrected chi connectivity index (χ0v) is 14.4. The van der Waals surface area contributed by atoms with Gasteiger partial charge in [0.05, 0.1) is 6.20 Å². The molecule has 3 heterocycles. The van der Waals surface area contributed by atoms with Crippen molar-refractivity contribution in [2.24, 2.45) is 5.92 Å². The Balaban J connectivity index is 1.53. The van der Waals surface area contributed by atoms with Gasteiger partial charge >= 0.3 is 0 Å². The van der Waals surface area contributed by atoms with Gasteiger partial charge in [0.25, 0.3) is 0 Å². The smallest absolute Gasteiger partial charge is 0.231 e. The molecule has 1 fully saturated rings. The van der Waals surface area contributed by atoms with Gasteiger partial charge in [0.2, 0.25) is 5.91 Å². The molecule has 5 nitrogen and oxygen atoms in total. The predicted octanol–water partition coefficient (Wildman–Crippen LogP) is 3.51. The Labute approximate surface area is 150 Å². The number of nitrogens with one attached hydrogen (secondary N) is 1. The quantitative estimate of drug-likeness (QED) is 0.783. The van der Waals surface area contributed by atoms with Crippen molar-refractivity contribution in [1.29, 1.82) is 0 Å². The number of pyridine rings is 1. The monoisotopic (exact) mass is 350 g/mol. The minimum absolute atomic E-state index is 0.0104. The number of anilines is 1. The molecule has 0 aliphatic carbocycles. The van der Waals surface area contributed by atoms with Crippen LogP contribution in [0.2, 0.25) is 0 Å². The Morgan fingerprint density at radius 1 is 1.27 bits per heavy atom. The van der Waals surface area contributed by atoms with E-state index in [0.29, 0.717) is 30.8 Å². The minimum atomic E-state index is -0.253. The second-order valence-electron chi connectivity index (χ2n) is 6.56. The number of carbonyl (C=O) groups excluding carboxylic acids is 1.